The van der Waals surface area contributed by atoms with Crippen LogP contribution in [0.5, 0.6) is 11.5 Å². The average Bonchev–Trinajstić information content (AvgIpc) is 3.33. The molecule has 0 bridgehead atoms. The Morgan fingerprint density at radius 2 is 1.96 bits per heavy atom. The van der Waals surface area contributed by atoms with E-state index in [0.717, 1.165) is 42.9 Å². The minimum absolute atomic E-state index is 0.205. The lowest BCUT2D eigenvalue weighted by atomic mass is 10.1. The van der Waals surface area contributed by atoms with E-state index in [0.29, 0.717) is 17.5 Å². The molecule has 6 heteroatoms. The zero-order valence-electron chi connectivity index (χ0n) is 14.6. The van der Waals surface area contributed by atoms with Gasteiger partial charge in [0.1, 0.15) is 11.5 Å². The highest BCUT2D eigenvalue weighted by Crippen LogP contribution is 2.33. The Morgan fingerprint density at radius 3 is 2.81 bits per heavy atom. The van der Waals surface area contributed by atoms with Crippen LogP contribution in [0.3, 0.4) is 0 Å². The van der Waals surface area contributed by atoms with E-state index in [4.69, 9.17) is 9.15 Å². The molecule has 0 spiro atoms. The van der Waals surface area contributed by atoms with E-state index in [-0.39, 0.29) is 5.92 Å². The number of nitrogens with zero attached hydrogens (tertiary/aromatic N) is 3. The maximum Gasteiger partial charge on any atom is 0.251 e. The standard InChI is InChI=1S/C20H21N3O3/c1-25-18-9-5-3-7-16(18)20-22-21-19(26-20)15-10-11-23(13-15)12-14-6-2-4-8-17(14)24/h2-9,15,24H,10-13H2,1H3. The Kier molecular flexibility index (Phi) is 4.58. The minimum atomic E-state index is 0.205. The molecule has 0 radical (unpaired) electrons. The van der Waals surface area contributed by atoms with Crippen molar-refractivity contribution in [3.05, 3.63) is 60.0 Å². The Hall–Kier alpha value is -2.86. The lowest BCUT2D eigenvalue weighted by Crippen LogP contribution is -2.19. The number of hydrogen-bond donors (Lipinski definition) is 1. The average molecular weight is 351 g/mol. The van der Waals surface area contributed by atoms with Gasteiger partial charge in [-0.3, -0.25) is 4.90 Å². The second-order valence-electron chi connectivity index (χ2n) is 6.50. The third-order valence-corrected chi connectivity index (χ3v) is 4.79. The third-order valence-electron chi connectivity index (χ3n) is 4.79. The summed E-state index contributed by atoms with van der Waals surface area (Å²) in [5.74, 6) is 2.40. The summed E-state index contributed by atoms with van der Waals surface area (Å²) >= 11 is 0. The molecule has 134 valence electrons. The number of benzene rings is 2. The first-order valence-corrected chi connectivity index (χ1v) is 8.70. The van der Waals surface area contributed by atoms with Crippen LogP contribution in [0.15, 0.2) is 52.9 Å². The van der Waals surface area contributed by atoms with Crippen molar-refractivity contribution in [3.8, 4) is 23.0 Å². The van der Waals surface area contributed by atoms with E-state index in [2.05, 4.69) is 15.1 Å². The first-order valence-electron chi connectivity index (χ1n) is 8.70. The van der Waals surface area contributed by atoms with Crippen LogP contribution in [-0.2, 0) is 6.54 Å². The summed E-state index contributed by atoms with van der Waals surface area (Å²) < 4.78 is 11.3. The zero-order chi connectivity index (χ0) is 17.9. The predicted molar refractivity (Wildman–Crippen MR) is 97.0 cm³/mol. The first-order chi connectivity index (χ1) is 12.7. The van der Waals surface area contributed by atoms with Crippen LogP contribution < -0.4 is 4.74 Å². The SMILES string of the molecule is COc1ccccc1-c1nnc(C2CCN(Cc3ccccc3O)C2)o1. The number of phenolic OH excluding ortho intramolecular Hbond substituents is 1. The largest absolute Gasteiger partial charge is 0.508 e. The molecule has 1 aliphatic heterocycles. The van der Waals surface area contributed by atoms with Gasteiger partial charge in [0.25, 0.3) is 5.89 Å². The van der Waals surface area contributed by atoms with Crippen molar-refractivity contribution >= 4 is 0 Å². The maximum absolute atomic E-state index is 9.95. The molecule has 0 amide bonds. The van der Waals surface area contributed by atoms with Gasteiger partial charge in [0.2, 0.25) is 5.89 Å². The van der Waals surface area contributed by atoms with Gasteiger partial charge in [0.05, 0.1) is 18.6 Å². The summed E-state index contributed by atoms with van der Waals surface area (Å²) in [7, 11) is 1.63. The third kappa shape index (κ3) is 3.28. The molecule has 4 rings (SSSR count). The van der Waals surface area contributed by atoms with Crippen LogP contribution in [0.1, 0.15) is 23.8 Å². The first kappa shape index (κ1) is 16.6. The fourth-order valence-electron chi connectivity index (χ4n) is 3.39. The molecule has 1 fully saturated rings. The molecular weight excluding hydrogens is 330 g/mol. The number of methoxy groups -OCH3 is 1. The number of ether oxygens (including phenoxy) is 1. The van der Waals surface area contributed by atoms with Gasteiger partial charge in [0, 0.05) is 18.7 Å². The molecule has 6 nitrogen and oxygen atoms in total. The Morgan fingerprint density at radius 1 is 1.15 bits per heavy atom. The van der Waals surface area contributed by atoms with Crippen LogP contribution in [0.4, 0.5) is 0 Å². The van der Waals surface area contributed by atoms with Crippen LogP contribution in [0, 0.1) is 0 Å². The highest BCUT2D eigenvalue weighted by atomic mass is 16.5. The monoisotopic (exact) mass is 351 g/mol. The molecule has 1 unspecified atom stereocenters. The second-order valence-corrected chi connectivity index (χ2v) is 6.50. The molecule has 1 aromatic heterocycles. The Labute approximate surface area is 152 Å². The summed E-state index contributed by atoms with van der Waals surface area (Å²) in [6, 6.07) is 15.1. The lowest BCUT2D eigenvalue weighted by Gasteiger charge is -2.15. The molecule has 0 saturated carbocycles. The van der Waals surface area contributed by atoms with Crippen molar-refractivity contribution in [1.29, 1.82) is 0 Å². The fraction of sp³-hybridized carbons (Fsp3) is 0.300. The number of phenols is 1. The zero-order valence-corrected chi connectivity index (χ0v) is 14.6. The van der Waals surface area contributed by atoms with E-state index in [9.17, 15) is 5.11 Å². The number of hydrogen-bond acceptors (Lipinski definition) is 6. The fourth-order valence-corrected chi connectivity index (χ4v) is 3.39. The minimum Gasteiger partial charge on any atom is -0.508 e. The van der Waals surface area contributed by atoms with E-state index < -0.39 is 0 Å². The van der Waals surface area contributed by atoms with Gasteiger partial charge in [-0.2, -0.15) is 0 Å². The Balaban J connectivity index is 1.47. The number of rotatable bonds is 5. The second kappa shape index (κ2) is 7.17. The molecule has 1 N–H and O–H groups in total. The molecule has 3 aromatic rings. The van der Waals surface area contributed by atoms with E-state index in [1.165, 1.54) is 0 Å². The van der Waals surface area contributed by atoms with E-state index in [1.54, 1.807) is 13.2 Å². The molecule has 0 aliphatic carbocycles. The van der Waals surface area contributed by atoms with Gasteiger partial charge in [0.15, 0.2) is 0 Å². The number of aromatic hydroxyl groups is 1. The molecule has 1 aliphatic rings. The summed E-state index contributed by atoms with van der Waals surface area (Å²) in [5, 5.41) is 18.4. The topological polar surface area (TPSA) is 71.6 Å². The van der Waals surface area contributed by atoms with Gasteiger partial charge < -0.3 is 14.3 Å². The van der Waals surface area contributed by atoms with Crippen molar-refractivity contribution in [2.75, 3.05) is 20.2 Å². The molecule has 2 aromatic carbocycles. The molecule has 1 atom stereocenters. The quantitative estimate of drug-likeness (QED) is 0.759. The molecule has 26 heavy (non-hydrogen) atoms. The summed E-state index contributed by atoms with van der Waals surface area (Å²) in [5.41, 5.74) is 1.74. The van der Waals surface area contributed by atoms with Crippen molar-refractivity contribution in [3.63, 3.8) is 0 Å². The number of aromatic nitrogens is 2. The van der Waals surface area contributed by atoms with Gasteiger partial charge >= 0.3 is 0 Å². The normalized spacial score (nSPS) is 17.5. The van der Waals surface area contributed by atoms with Crippen LogP contribution in [0.25, 0.3) is 11.5 Å². The lowest BCUT2D eigenvalue weighted by molar-refractivity contribution is 0.314. The van der Waals surface area contributed by atoms with Crippen molar-refractivity contribution in [1.82, 2.24) is 15.1 Å². The van der Waals surface area contributed by atoms with Gasteiger partial charge in [-0.1, -0.05) is 30.3 Å². The van der Waals surface area contributed by atoms with Gasteiger partial charge in [-0.15, -0.1) is 10.2 Å². The molecular formula is C20H21N3O3. The number of para-hydroxylation sites is 2. The highest BCUT2D eigenvalue weighted by molar-refractivity contribution is 5.62. The summed E-state index contributed by atoms with van der Waals surface area (Å²) in [6.07, 6.45) is 0.959. The van der Waals surface area contributed by atoms with Crippen LogP contribution in [0.2, 0.25) is 0 Å². The molecule has 2 heterocycles. The van der Waals surface area contributed by atoms with Crippen LogP contribution >= 0.6 is 0 Å². The van der Waals surface area contributed by atoms with Crippen molar-refractivity contribution in [2.45, 2.75) is 18.9 Å². The highest BCUT2D eigenvalue weighted by Gasteiger charge is 2.29. The van der Waals surface area contributed by atoms with Crippen molar-refractivity contribution < 1.29 is 14.3 Å². The summed E-state index contributed by atoms with van der Waals surface area (Å²) in [6.45, 7) is 2.49. The summed E-state index contributed by atoms with van der Waals surface area (Å²) in [4.78, 5) is 2.30. The van der Waals surface area contributed by atoms with Gasteiger partial charge in [-0.25, -0.2) is 0 Å². The molecule has 1 saturated heterocycles. The maximum atomic E-state index is 9.95. The smallest absolute Gasteiger partial charge is 0.251 e. The van der Waals surface area contributed by atoms with Crippen LogP contribution in [-0.4, -0.2) is 40.4 Å². The van der Waals surface area contributed by atoms with E-state index in [1.807, 2.05) is 42.5 Å². The van der Waals surface area contributed by atoms with Gasteiger partial charge in [-0.05, 0) is 31.2 Å². The van der Waals surface area contributed by atoms with Crippen molar-refractivity contribution in [2.24, 2.45) is 0 Å². The number of likely N-dealkylation sites (tertiary alicyclic amines) is 1. The predicted octanol–water partition coefficient (Wildman–Crippen LogP) is 3.44. The Bertz CT molecular complexity index is 893. The van der Waals surface area contributed by atoms with E-state index >= 15 is 0 Å².